The number of hydrogen-bond acceptors (Lipinski definition) is 4. The summed E-state index contributed by atoms with van der Waals surface area (Å²) in [5, 5.41) is 3.14. The minimum atomic E-state index is -4.91. The lowest BCUT2D eigenvalue weighted by atomic mass is 10.0. The van der Waals surface area contributed by atoms with Gasteiger partial charge in [-0.2, -0.15) is 26.3 Å². The summed E-state index contributed by atoms with van der Waals surface area (Å²) in [7, 11) is 0. The van der Waals surface area contributed by atoms with Gasteiger partial charge in [-0.1, -0.05) is 42.5 Å². The van der Waals surface area contributed by atoms with Gasteiger partial charge in [0.1, 0.15) is 0 Å². The SMILES string of the molecule is Cc1cccc(N2CCN(C(=O)[C@@H]3C[C@H](NCc4cc(C(F)(F)F)cc(C(F)(F)F)c4)CN3Cc3ccccc3)CC2)c1. The molecule has 0 spiro atoms. The van der Waals surface area contributed by atoms with Crippen LogP contribution in [0.15, 0.2) is 72.8 Å². The zero-order valence-corrected chi connectivity index (χ0v) is 23.8. The van der Waals surface area contributed by atoms with Crippen molar-refractivity contribution in [3.8, 4) is 0 Å². The zero-order chi connectivity index (χ0) is 30.8. The Bertz CT molecular complexity index is 1370. The van der Waals surface area contributed by atoms with Crippen molar-refractivity contribution >= 4 is 11.6 Å². The highest BCUT2D eigenvalue weighted by Gasteiger charge is 2.40. The average Bonchev–Trinajstić information content (AvgIpc) is 3.37. The van der Waals surface area contributed by atoms with Crippen molar-refractivity contribution in [3.63, 3.8) is 0 Å². The number of likely N-dealkylation sites (tertiary alicyclic amines) is 1. The van der Waals surface area contributed by atoms with E-state index >= 15 is 0 Å². The molecule has 5 rings (SSSR count). The van der Waals surface area contributed by atoms with Crippen LogP contribution in [0, 0.1) is 6.92 Å². The first-order valence-corrected chi connectivity index (χ1v) is 14.3. The molecule has 0 radical (unpaired) electrons. The molecule has 2 atom stereocenters. The number of piperazine rings is 1. The number of nitrogens with zero attached hydrogens (tertiary/aromatic N) is 3. The van der Waals surface area contributed by atoms with E-state index in [4.69, 9.17) is 0 Å². The molecule has 2 heterocycles. The average molecular weight is 605 g/mol. The summed E-state index contributed by atoms with van der Waals surface area (Å²) in [6.07, 6.45) is -9.41. The lowest BCUT2D eigenvalue weighted by Gasteiger charge is -2.38. The number of amides is 1. The zero-order valence-electron chi connectivity index (χ0n) is 23.8. The Balaban J connectivity index is 1.28. The first kappa shape index (κ1) is 30.9. The van der Waals surface area contributed by atoms with E-state index in [1.165, 1.54) is 0 Å². The Kier molecular flexibility index (Phi) is 9.03. The summed E-state index contributed by atoms with van der Waals surface area (Å²) >= 11 is 0. The molecule has 1 N–H and O–H groups in total. The molecule has 0 unspecified atom stereocenters. The number of aryl methyl sites for hydroxylation is 1. The van der Waals surface area contributed by atoms with E-state index in [2.05, 4.69) is 27.2 Å². The molecule has 0 aliphatic carbocycles. The van der Waals surface area contributed by atoms with Gasteiger partial charge < -0.3 is 15.1 Å². The van der Waals surface area contributed by atoms with Gasteiger partial charge in [-0.05, 0) is 60.4 Å². The van der Waals surface area contributed by atoms with Gasteiger partial charge in [0, 0.05) is 57.5 Å². The first-order chi connectivity index (χ1) is 20.4. The Morgan fingerprint density at radius 2 is 1.47 bits per heavy atom. The molecule has 11 heteroatoms. The third-order valence-electron chi connectivity index (χ3n) is 8.12. The molecule has 2 aliphatic rings. The molecule has 0 aromatic heterocycles. The van der Waals surface area contributed by atoms with Crippen LogP contribution < -0.4 is 10.2 Å². The number of anilines is 1. The molecule has 0 bridgehead atoms. The van der Waals surface area contributed by atoms with Gasteiger partial charge in [0.15, 0.2) is 0 Å². The molecular weight excluding hydrogens is 570 g/mol. The summed E-state index contributed by atoms with van der Waals surface area (Å²) in [5.41, 5.74) is 0.503. The molecule has 43 heavy (non-hydrogen) atoms. The highest BCUT2D eigenvalue weighted by atomic mass is 19.4. The lowest BCUT2D eigenvalue weighted by molar-refractivity contribution is -0.143. The molecule has 0 saturated carbocycles. The largest absolute Gasteiger partial charge is 0.416 e. The van der Waals surface area contributed by atoms with Gasteiger partial charge in [0.05, 0.1) is 17.2 Å². The van der Waals surface area contributed by atoms with E-state index in [9.17, 15) is 31.1 Å². The molecule has 230 valence electrons. The number of carbonyl (C=O) groups excluding carboxylic acids is 1. The van der Waals surface area contributed by atoms with Crippen LogP contribution in [0.1, 0.15) is 34.2 Å². The predicted molar refractivity (Wildman–Crippen MR) is 152 cm³/mol. The van der Waals surface area contributed by atoms with Crippen LogP contribution in [0.3, 0.4) is 0 Å². The quantitative estimate of drug-likeness (QED) is 0.330. The second-order valence-electron chi connectivity index (χ2n) is 11.3. The highest BCUT2D eigenvalue weighted by Crippen LogP contribution is 2.36. The van der Waals surface area contributed by atoms with E-state index in [-0.39, 0.29) is 30.1 Å². The molecule has 5 nitrogen and oxygen atoms in total. The van der Waals surface area contributed by atoms with Crippen LogP contribution in [0.25, 0.3) is 0 Å². The Labute approximate surface area is 247 Å². The van der Waals surface area contributed by atoms with Crippen molar-refractivity contribution in [2.24, 2.45) is 0 Å². The minimum absolute atomic E-state index is 0.0115. The standard InChI is InChI=1S/C32H34F6N4O/c1-22-6-5-9-28(14-22)40-10-12-41(13-11-40)30(43)29-18-27(21-42(29)20-23-7-3-2-4-8-23)39-19-24-15-25(31(33,34)35)17-26(16-24)32(36,37)38/h2-9,14-17,27,29,39H,10-13,18-21H2,1H3/t27-,29-/m0/s1. The van der Waals surface area contributed by atoms with E-state index in [0.29, 0.717) is 45.7 Å². The number of alkyl halides is 6. The number of rotatable bonds is 7. The van der Waals surface area contributed by atoms with E-state index < -0.39 is 29.5 Å². The summed E-state index contributed by atoms with van der Waals surface area (Å²) in [6, 6.07) is 18.7. The monoisotopic (exact) mass is 604 g/mol. The third kappa shape index (κ3) is 7.69. The Morgan fingerprint density at radius 1 is 0.814 bits per heavy atom. The third-order valence-corrected chi connectivity index (χ3v) is 8.12. The first-order valence-electron chi connectivity index (χ1n) is 14.3. The molecule has 2 fully saturated rings. The van der Waals surface area contributed by atoms with Crippen LogP contribution >= 0.6 is 0 Å². The normalized spacial score (nSPS) is 20.1. The van der Waals surface area contributed by atoms with Crippen molar-refractivity contribution in [1.82, 2.24) is 15.1 Å². The Morgan fingerprint density at radius 3 is 2.07 bits per heavy atom. The Hall–Kier alpha value is -3.57. The van der Waals surface area contributed by atoms with Crippen molar-refractivity contribution in [1.29, 1.82) is 0 Å². The smallest absolute Gasteiger partial charge is 0.368 e. The van der Waals surface area contributed by atoms with E-state index in [0.717, 1.165) is 28.9 Å². The molecular formula is C32H34F6N4O. The van der Waals surface area contributed by atoms with Crippen molar-refractivity contribution in [2.45, 2.75) is 50.9 Å². The number of nitrogens with one attached hydrogen (secondary N) is 1. The van der Waals surface area contributed by atoms with E-state index in [1.54, 1.807) is 0 Å². The molecule has 2 aliphatic heterocycles. The van der Waals surface area contributed by atoms with Crippen LogP contribution in [0.5, 0.6) is 0 Å². The number of halogens is 6. The van der Waals surface area contributed by atoms with Gasteiger partial charge in [0.2, 0.25) is 5.91 Å². The topological polar surface area (TPSA) is 38.8 Å². The summed E-state index contributed by atoms with van der Waals surface area (Å²) in [4.78, 5) is 20.0. The summed E-state index contributed by atoms with van der Waals surface area (Å²) in [6.45, 7) is 5.29. The second-order valence-corrected chi connectivity index (χ2v) is 11.3. The van der Waals surface area contributed by atoms with Crippen LogP contribution in [0.4, 0.5) is 32.0 Å². The molecule has 3 aromatic rings. The second kappa shape index (κ2) is 12.6. The maximum absolute atomic E-state index is 13.8. The number of hydrogen-bond donors (Lipinski definition) is 1. The van der Waals surface area contributed by atoms with Gasteiger partial charge in [0.25, 0.3) is 0 Å². The molecule has 1 amide bonds. The van der Waals surface area contributed by atoms with Crippen LogP contribution in [0.2, 0.25) is 0 Å². The van der Waals surface area contributed by atoms with Gasteiger partial charge >= 0.3 is 12.4 Å². The summed E-state index contributed by atoms with van der Waals surface area (Å²) in [5.74, 6) is -0.0115. The van der Waals surface area contributed by atoms with Crippen molar-refractivity contribution < 1.29 is 31.1 Å². The maximum Gasteiger partial charge on any atom is 0.416 e. The fourth-order valence-electron chi connectivity index (χ4n) is 5.91. The molecule has 3 aromatic carbocycles. The van der Waals surface area contributed by atoms with Crippen molar-refractivity contribution in [3.05, 3.63) is 101 Å². The van der Waals surface area contributed by atoms with E-state index in [1.807, 2.05) is 54.3 Å². The predicted octanol–water partition coefficient (Wildman–Crippen LogP) is 6.11. The maximum atomic E-state index is 13.8. The van der Waals surface area contributed by atoms with Gasteiger partial charge in [-0.3, -0.25) is 9.69 Å². The molecule has 2 saturated heterocycles. The van der Waals surface area contributed by atoms with Gasteiger partial charge in [-0.15, -0.1) is 0 Å². The fraction of sp³-hybridized carbons (Fsp3) is 0.406. The minimum Gasteiger partial charge on any atom is -0.368 e. The van der Waals surface area contributed by atoms with Gasteiger partial charge in [-0.25, -0.2) is 0 Å². The van der Waals surface area contributed by atoms with Crippen molar-refractivity contribution in [2.75, 3.05) is 37.6 Å². The number of carbonyl (C=O) groups is 1. The lowest BCUT2D eigenvalue weighted by Crippen LogP contribution is -2.53. The van der Waals surface area contributed by atoms with Crippen LogP contribution in [-0.4, -0.2) is 60.5 Å². The number of benzene rings is 3. The summed E-state index contributed by atoms with van der Waals surface area (Å²) < 4.78 is 80.1. The highest BCUT2D eigenvalue weighted by molar-refractivity contribution is 5.82. The van der Waals surface area contributed by atoms with Crippen LogP contribution in [-0.2, 0) is 30.2 Å². The fourth-order valence-corrected chi connectivity index (χ4v) is 5.91.